The predicted octanol–water partition coefficient (Wildman–Crippen LogP) is 4.28. The van der Waals surface area contributed by atoms with Gasteiger partial charge in [0, 0.05) is 12.6 Å². The standard InChI is InChI=1S/C17H29NO/c1-6-15(7-2)18-10-11-19-16-8-9-17(13(3)4)14(5)12-16/h8-9,12-13,15,18H,6-7,10-11H2,1-5H3. The monoisotopic (exact) mass is 263 g/mol. The molecular weight excluding hydrogens is 234 g/mol. The number of benzene rings is 1. The topological polar surface area (TPSA) is 21.3 Å². The maximum Gasteiger partial charge on any atom is 0.119 e. The number of aryl methyl sites for hydroxylation is 1. The summed E-state index contributed by atoms with van der Waals surface area (Å²) in [5.41, 5.74) is 2.72. The molecule has 0 heterocycles. The summed E-state index contributed by atoms with van der Waals surface area (Å²) in [6.07, 6.45) is 2.36. The average molecular weight is 263 g/mol. The van der Waals surface area contributed by atoms with Crippen molar-refractivity contribution in [2.45, 2.75) is 59.4 Å². The van der Waals surface area contributed by atoms with E-state index in [0.717, 1.165) is 18.9 Å². The van der Waals surface area contributed by atoms with E-state index in [9.17, 15) is 0 Å². The van der Waals surface area contributed by atoms with Gasteiger partial charge in [-0.15, -0.1) is 0 Å². The summed E-state index contributed by atoms with van der Waals surface area (Å²) in [7, 11) is 0. The van der Waals surface area contributed by atoms with Crippen molar-refractivity contribution in [3.8, 4) is 5.75 Å². The molecule has 0 saturated carbocycles. The maximum atomic E-state index is 5.80. The Morgan fingerprint density at radius 2 is 1.84 bits per heavy atom. The molecule has 2 nitrogen and oxygen atoms in total. The van der Waals surface area contributed by atoms with E-state index >= 15 is 0 Å². The minimum Gasteiger partial charge on any atom is -0.492 e. The third-order valence-corrected chi connectivity index (χ3v) is 3.65. The molecule has 0 aliphatic rings. The Bertz CT molecular complexity index is 370. The zero-order valence-corrected chi connectivity index (χ0v) is 13.1. The van der Waals surface area contributed by atoms with Gasteiger partial charge in [0.1, 0.15) is 12.4 Å². The third kappa shape index (κ3) is 5.23. The van der Waals surface area contributed by atoms with Crippen LogP contribution in [0.3, 0.4) is 0 Å². The third-order valence-electron chi connectivity index (χ3n) is 3.65. The fraction of sp³-hybridized carbons (Fsp3) is 0.647. The average Bonchev–Trinajstić information content (AvgIpc) is 2.38. The number of hydrogen-bond acceptors (Lipinski definition) is 2. The molecule has 0 amide bonds. The molecule has 0 saturated heterocycles. The van der Waals surface area contributed by atoms with Gasteiger partial charge in [0.2, 0.25) is 0 Å². The van der Waals surface area contributed by atoms with Crippen LogP contribution in [0.15, 0.2) is 18.2 Å². The minimum atomic E-state index is 0.575. The lowest BCUT2D eigenvalue weighted by Crippen LogP contribution is -2.31. The van der Waals surface area contributed by atoms with Gasteiger partial charge in [0.25, 0.3) is 0 Å². The fourth-order valence-corrected chi connectivity index (χ4v) is 2.40. The highest BCUT2D eigenvalue weighted by Gasteiger charge is 2.05. The van der Waals surface area contributed by atoms with Crippen molar-refractivity contribution in [3.63, 3.8) is 0 Å². The largest absolute Gasteiger partial charge is 0.492 e. The van der Waals surface area contributed by atoms with Crippen LogP contribution in [-0.2, 0) is 0 Å². The molecule has 108 valence electrons. The van der Waals surface area contributed by atoms with Crippen molar-refractivity contribution in [2.75, 3.05) is 13.2 Å². The van der Waals surface area contributed by atoms with Gasteiger partial charge in [0.05, 0.1) is 0 Å². The Morgan fingerprint density at radius 3 is 2.37 bits per heavy atom. The number of rotatable bonds is 8. The van der Waals surface area contributed by atoms with E-state index in [2.05, 4.69) is 58.1 Å². The zero-order valence-electron chi connectivity index (χ0n) is 13.1. The van der Waals surface area contributed by atoms with Crippen LogP contribution in [0.2, 0.25) is 0 Å². The molecule has 1 aromatic rings. The normalized spacial score (nSPS) is 11.3. The van der Waals surface area contributed by atoms with E-state index in [-0.39, 0.29) is 0 Å². The van der Waals surface area contributed by atoms with E-state index in [1.165, 1.54) is 24.0 Å². The smallest absolute Gasteiger partial charge is 0.119 e. The summed E-state index contributed by atoms with van der Waals surface area (Å²) in [6.45, 7) is 12.7. The van der Waals surface area contributed by atoms with Crippen LogP contribution in [-0.4, -0.2) is 19.2 Å². The highest BCUT2D eigenvalue weighted by Crippen LogP contribution is 2.23. The van der Waals surface area contributed by atoms with Crippen molar-refractivity contribution < 1.29 is 4.74 Å². The molecule has 0 aliphatic carbocycles. The van der Waals surface area contributed by atoms with Crippen LogP contribution >= 0.6 is 0 Å². The lowest BCUT2D eigenvalue weighted by atomic mass is 9.98. The second-order valence-corrected chi connectivity index (χ2v) is 5.49. The van der Waals surface area contributed by atoms with E-state index in [1.807, 2.05) is 0 Å². The summed E-state index contributed by atoms with van der Waals surface area (Å²) in [5, 5.41) is 3.51. The highest BCUT2D eigenvalue weighted by molar-refractivity contribution is 5.36. The molecular formula is C17H29NO. The van der Waals surface area contributed by atoms with Gasteiger partial charge in [-0.05, 0) is 48.9 Å². The molecule has 0 aliphatic heterocycles. The van der Waals surface area contributed by atoms with Crippen LogP contribution in [0.4, 0.5) is 0 Å². The molecule has 0 spiro atoms. The molecule has 19 heavy (non-hydrogen) atoms. The second kappa shape index (κ2) is 8.21. The first-order valence-electron chi connectivity index (χ1n) is 7.55. The molecule has 0 radical (unpaired) electrons. The fourth-order valence-electron chi connectivity index (χ4n) is 2.40. The van der Waals surface area contributed by atoms with E-state index in [4.69, 9.17) is 4.74 Å². The van der Waals surface area contributed by atoms with Gasteiger partial charge in [-0.1, -0.05) is 33.8 Å². The molecule has 0 fully saturated rings. The Morgan fingerprint density at radius 1 is 1.16 bits per heavy atom. The van der Waals surface area contributed by atoms with Crippen molar-refractivity contribution in [1.82, 2.24) is 5.32 Å². The van der Waals surface area contributed by atoms with Crippen LogP contribution < -0.4 is 10.1 Å². The molecule has 1 N–H and O–H groups in total. The summed E-state index contributed by atoms with van der Waals surface area (Å²) >= 11 is 0. The highest BCUT2D eigenvalue weighted by atomic mass is 16.5. The Labute approximate surface area is 118 Å². The number of nitrogens with one attached hydrogen (secondary N) is 1. The van der Waals surface area contributed by atoms with Crippen molar-refractivity contribution in [1.29, 1.82) is 0 Å². The maximum absolute atomic E-state index is 5.80. The molecule has 0 aromatic heterocycles. The van der Waals surface area contributed by atoms with E-state index in [0.29, 0.717) is 12.0 Å². The van der Waals surface area contributed by atoms with Crippen LogP contribution in [0.25, 0.3) is 0 Å². The molecule has 0 atom stereocenters. The van der Waals surface area contributed by atoms with Gasteiger partial charge in [-0.2, -0.15) is 0 Å². The van der Waals surface area contributed by atoms with Gasteiger partial charge in [-0.3, -0.25) is 0 Å². The van der Waals surface area contributed by atoms with Crippen molar-refractivity contribution in [2.24, 2.45) is 0 Å². The molecule has 2 heteroatoms. The SMILES string of the molecule is CCC(CC)NCCOc1ccc(C(C)C)c(C)c1. The van der Waals surface area contributed by atoms with Crippen molar-refractivity contribution in [3.05, 3.63) is 29.3 Å². The molecule has 1 rings (SSSR count). The van der Waals surface area contributed by atoms with Crippen molar-refractivity contribution >= 4 is 0 Å². The Kier molecular flexibility index (Phi) is 6.93. The van der Waals surface area contributed by atoms with Gasteiger partial charge >= 0.3 is 0 Å². The lowest BCUT2D eigenvalue weighted by molar-refractivity contribution is 0.302. The first-order chi connectivity index (χ1) is 9.08. The quantitative estimate of drug-likeness (QED) is 0.707. The minimum absolute atomic E-state index is 0.575. The van der Waals surface area contributed by atoms with E-state index in [1.54, 1.807) is 0 Å². The van der Waals surface area contributed by atoms with Gasteiger partial charge in [-0.25, -0.2) is 0 Å². The van der Waals surface area contributed by atoms with Crippen LogP contribution in [0.1, 0.15) is 57.6 Å². The predicted molar refractivity (Wildman–Crippen MR) is 83.1 cm³/mol. The first kappa shape index (κ1) is 16.0. The zero-order chi connectivity index (χ0) is 14.3. The summed E-state index contributed by atoms with van der Waals surface area (Å²) in [6, 6.07) is 7.03. The summed E-state index contributed by atoms with van der Waals surface area (Å²) in [4.78, 5) is 0. The molecule has 0 bridgehead atoms. The van der Waals surface area contributed by atoms with E-state index < -0.39 is 0 Å². The molecule has 0 unspecified atom stereocenters. The molecule has 1 aromatic carbocycles. The van der Waals surface area contributed by atoms with Gasteiger partial charge in [0.15, 0.2) is 0 Å². The van der Waals surface area contributed by atoms with Gasteiger partial charge < -0.3 is 10.1 Å². The number of ether oxygens (including phenoxy) is 1. The van der Waals surface area contributed by atoms with Crippen LogP contribution in [0.5, 0.6) is 5.75 Å². The lowest BCUT2D eigenvalue weighted by Gasteiger charge is -2.16. The summed E-state index contributed by atoms with van der Waals surface area (Å²) in [5.74, 6) is 1.55. The Hall–Kier alpha value is -1.02. The summed E-state index contributed by atoms with van der Waals surface area (Å²) < 4.78 is 5.80. The second-order valence-electron chi connectivity index (χ2n) is 5.49. The number of hydrogen-bond donors (Lipinski definition) is 1. The van der Waals surface area contributed by atoms with Crippen LogP contribution in [0, 0.1) is 6.92 Å². The first-order valence-corrected chi connectivity index (χ1v) is 7.55. The Balaban J connectivity index is 2.40.